The summed E-state index contributed by atoms with van der Waals surface area (Å²) in [4.78, 5) is 0. The van der Waals surface area contributed by atoms with Crippen LogP contribution in [-0.4, -0.2) is 4.57 Å². The molecule has 0 spiro atoms. The van der Waals surface area contributed by atoms with Crippen molar-refractivity contribution in [1.82, 2.24) is 4.57 Å². The van der Waals surface area contributed by atoms with E-state index in [1.54, 1.807) is 6.07 Å². The van der Waals surface area contributed by atoms with E-state index in [0.717, 1.165) is 25.2 Å². The predicted molar refractivity (Wildman–Crippen MR) is 78.5 cm³/mol. The fourth-order valence-electron chi connectivity index (χ4n) is 1.85. The zero-order valence-electron chi connectivity index (χ0n) is 10.3. The number of halogens is 2. The van der Waals surface area contributed by atoms with Crippen molar-refractivity contribution < 1.29 is 0 Å². The van der Waals surface area contributed by atoms with Crippen LogP contribution in [0.3, 0.4) is 0 Å². The largest absolute Gasteiger partial charge is 0.381 e. The van der Waals surface area contributed by atoms with Crippen LogP contribution in [0.25, 0.3) is 0 Å². The first kappa shape index (κ1) is 13.3. The van der Waals surface area contributed by atoms with Crippen LogP contribution in [-0.2, 0) is 13.1 Å². The first-order valence-corrected chi connectivity index (χ1v) is 6.77. The van der Waals surface area contributed by atoms with Gasteiger partial charge in [-0.1, -0.05) is 30.1 Å². The Bertz CT molecular complexity index is 500. The highest BCUT2D eigenvalue weighted by atomic mass is 35.5. The molecule has 0 atom stereocenters. The number of nitrogens with one attached hydrogen (secondary N) is 1. The van der Waals surface area contributed by atoms with Crippen molar-refractivity contribution in [2.45, 2.75) is 26.4 Å². The number of hydrogen-bond donors (Lipinski definition) is 1. The van der Waals surface area contributed by atoms with E-state index in [2.05, 4.69) is 35.3 Å². The molecule has 0 bridgehead atoms. The summed E-state index contributed by atoms with van der Waals surface area (Å²) in [5.41, 5.74) is 2.19. The smallest absolute Gasteiger partial charge is 0.0441 e. The number of rotatable bonds is 5. The van der Waals surface area contributed by atoms with Gasteiger partial charge in [0, 0.05) is 41.2 Å². The summed E-state index contributed by atoms with van der Waals surface area (Å²) in [6, 6.07) is 7.59. The van der Waals surface area contributed by atoms with Gasteiger partial charge in [-0.25, -0.2) is 0 Å². The molecule has 0 saturated heterocycles. The molecule has 2 rings (SSSR count). The summed E-state index contributed by atoms with van der Waals surface area (Å²) in [7, 11) is 0. The van der Waals surface area contributed by atoms with Gasteiger partial charge in [-0.05, 0) is 36.2 Å². The van der Waals surface area contributed by atoms with Crippen molar-refractivity contribution in [2.75, 3.05) is 5.32 Å². The van der Waals surface area contributed by atoms with E-state index < -0.39 is 0 Å². The Morgan fingerprint density at radius 1 is 1.17 bits per heavy atom. The Hall–Kier alpha value is -1.12. The molecule has 2 nitrogen and oxygen atoms in total. The van der Waals surface area contributed by atoms with Crippen LogP contribution in [0, 0.1) is 0 Å². The van der Waals surface area contributed by atoms with Crippen LogP contribution >= 0.6 is 23.2 Å². The molecule has 18 heavy (non-hydrogen) atoms. The molecule has 1 aromatic heterocycles. The summed E-state index contributed by atoms with van der Waals surface area (Å²) in [5, 5.41) is 4.61. The Labute approximate surface area is 118 Å². The van der Waals surface area contributed by atoms with Gasteiger partial charge < -0.3 is 9.88 Å². The molecule has 0 aliphatic heterocycles. The number of benzene rings is 1. The Morgan fingerprint density at radius 2 is 1.89 bits per heavy atom. The molecule has 1 aromatic carbocycles. The number of anilines is 1. The van der Waals surface area contributed by atoms with E-state index in [9.17, 15) is 0 Å². The van der Waals surface area contributed by atoms with Crippen LogP contribution in [0.2, 0.25) is 10.0 Å². The molecule has 1 heterocycles. The van der Waals surface area contributed by atoms with Crippen molar-refractivity contribution >= 4 is 28.9 Å². The molecule has 4 heteroatoms. The van der Waals surface area contributed by atoms with Crippen LogP contribution in [0.1, 0.15) is 18.9 Å². The highest BCUT2D eigenvalue weighted by molar-refractivity contribution is 6.35. The number of aryl methyl sites for hydroxylation is 1. The molecule has 96 valence electrons. The normalized spacial score (nSPS) is 10.6. The molecule has 2 aromatic rings. The fourth-order valence-corrected chi connectivity index (χ4v) is 2.38. The monoisotopic (exact) mass is 282 g/mol. The minimum Gasteiger partial charge on any atom is -0.381 e. The van der Waals surface area contributed by atoms with E-state index in [1.807, 2.05) is 12.1 Å². The highest BCUT2D eigenvalue weighted by Gasteiger charge is 2.00. The molecule has 0 unspecified atom stereocenters. The average Bonchev–Trinajstić information content (AvgIpc) is 2.74. The molecular formula is C14H16Cl2N2. The predicted octanol–water partition coefficient (Wildman–Crippen LogP) is 4.82. The molecule has 0 amide bonds. The SMILES string of the molecule is CCCn1ccc(CNc2cc(Cl)cc(Cl)c2)c1. The molecule has 0 radical (unpaired) electrons. The van der Waals surface area contributed by atoms with E-state index in [-0.39, 0.29) is 0 Å². The summed E-state index contributed by atoms with van der Waals surface area (Å²) in [5.74, 6) is 0. The van der Waals surface area contributed by atoms with Gasteiger partial charge in [0.05, 0.1) is 0 Å². The van der Waals surface area contributed by atoms with E-state index in [4.69, 9.17) is 23.2 Å². The van der Waals surface area contributed by atoms with Crippen molar-refractivity contribution in [1.29, 1.82) is 0 Å². The van der Waals surface area contributed by atoms with Gasteiger partial charge in [-0.15, -0.1) is 0 Å². The molecule has 0 aliphatic carbocycles. The molecule has 0 saturated carbocycles. The molecule has 0 fully saturated rings. The maximum atomic E-state index is 5.95. The number of aromatic nitrogens is 1. The van der Waals surface area contributed by atoms with Crippen LogP contribution in [0.4, 0.5) is 5.69 Å². The summed E-state index contributed by atoms with van der Waals surface area (Å²) >= 11 is 11.9. The zero-order chi connectivity index (χ0) is 13.0. The van der Waals surface area contributed by atoms with Crippen molar-refractivity contribution in [3.63, 3.8) is 0 Å². The molecule has 0 aliphatic rings. The minimum atomic E-state index is 0.647. The summed E-state index contributed by atoms with van der Waals surface area (Å²) in [6.07, 6.45) is 5.40. The van der Waals surface area contributed by atoms with Gasteiger partial charge in [-0.2, -0.15) is 0 Å². The summed E-state index contributed by atoms with van der Waals surface area (Å²) < 4.78 is 2.20. The van der Waals surface area contributed by atoms with Gasteiger partial charge >= 0.3 is 0 Å². The van der Waals surface area contributed by atoms with Crippen molar-refractivity contribution in [3.8, 4) is 0 Å². The first-order valence-electron chi connectivity index (χ1n) is 6.02. The first-order chi connectivity index (χ1) is 8.67. The summed E-state index contributed by atoms with van der Waals surface area (Å²) in [6.45, 7) is 4.00. The number of nitrogens with zero attached hydrogens (tertiary/aromatic N) is 1. The lowest BCUT2D eigenvalue weighted by atomic mass is 10.3. The Morgan fingerprint density at radius 3 is 2.56 bits per heavy atom. The molecular weight excluding hydrogens is 267 g/mol. The highest BCUT2D eigenvalue weighted by Crippen LogP contribution is 2.22. The second-order valence-electron chi connectivity index (χ2n) is 4.27. The second-order valence-corrected chi connectivity index (χ2v) is 5.14. The maximum absolute atomic E-state index is 5.95. The number of hydrogen-bond acceptors (Lipinski definition) is 1. The van der Waals surface area contributed by atoms with Crippen LogP contribution in [0.15, 0.2) is 36.7 Å². The van der Waals surface area contributed by atoms with Gasteiger partial charge in [0.1, 0.15) is 0 Å². The molecule has 1 N–H and O–H groups in total. The average molecular weight is 283 g/mol. The van der Waals surface area contributed by atoms with E-state index >= 15 is 0 Å². The van der Waals surface area contributed by atoms with Crippen molar-refractivity contribution in [3.05, 3.63) is 52.3 Å². The quantitative estimate of drug-likeness (QED) is 0.832. The lowest BCUT2D eigenvalue weighted by Crippen LogP contribution is -1.99. The van der Waals surface area contributed by atoms with Crippen LogP contribution in [0.5, 0.6) is 0 Å². The second kappa shape index (κ2) is 6.17. The topological polar surface area (TPSA) is 17.0 Å². The van der Waals surface area contributed by atoms with Gasteiger partial charge in [-0.3, -0.25) is 0 Å². The van der Waals surface area contributed by atoms with Crippen LogP contribution < -0.4 is 5.32 Å². The fraction of sp³-hybridized carbons (Fsp3) is 0.286. The zero-order valence-corrected chi connectivity index (χ0v) is 11.8. The minimum absolute atomic E-state index is 0.647. The lowest BCUT2D eigenvalue weighted by molar-refractivity contribution is 0.682. The Kier molecular flexibility index (Phi) is 4.56. The Balaban J connectivity index is 1.97. The third kappa shape index (κ3) is 3.69. The van der Waals surface area contributed by atoms with Gasteiger partial charge in [0.2, 0.25) is 0 Å². The van der Waals surface area contributed by atoms with E-state index in [1.165, 1.54) is 5.56 Å². The third-order valence-corrected chi connectivity index (χ3v) is 3.09. The maximum Gasteiger partial charge on any atom is 0.0441 e. The lowest BCUT2D eigenvalue weighted by Gasteiger charge is -2.06. The third-order valence-electron chi connectivity index (χ3n) is 2.65. The van der Waals surface area contributed by atoms with E-state index in [0.29, 0.717) is 10.0 Å². The van der Waals surface area contributed by atoms with Crippen molar-refractivity contribution in [2.24, 2.45) is 0 Å². The van der Waals surface area contributed by atoms with Gasteiger partial charge in [0.25, 0.3) is 0 Å². The standard InChI is InChI=1S/C14H16Cl2N2/c1-2-4-18-5-3-11(10-18)9-17-14-7-12(15)6-13(16)8-14/h3,5-8,10,17H,2,4,9H2,1H3. The van der Waals surface area contributed by atoms with Gasteiger partial charge in [0.15, 0.2) is 0 Å².